The number of benzene rings is 1. The zero-order valence-electron chi connectivity index (χ0n) is 8.12. The topological polar surface area (TPSA) is 12.9 Å². The molecule has 0 fully saturated rings. The third kappa shape index (κ3) is 2.36. The second kappa shape index (κ2) is 4.58. The van der Waals surface area contributed by atoms with Crippen molar-refractivity contribution in [2.24, 2.45) is 0 Å². The van der Waals surface area contributed by atoms with Crippen LogP contribution < -0.4 is 0 Å². The Labute approximate surface area is 96.7 Å². The molecule has 1 aromatic heterocycles. The molecule has 1 heterocycles. The summed E-state index contributed by atoms with van der Waals surface area (Å²) in [6, 6.07) is 5.30. The first kappa shape index (κ1) is 11.0. The molecule has 0 aliphatic carbocycles. The van der Waals surface area contributed by atoms with Gasteiger partial charge < -0.3 is 0 Å². The second-order valence-corrected chi connectivity index (χ2v) is 3.65. The lowest BCUT2D eigenvalue weighted by Crippen LogP contribution is -1.95. The third-order valence-electron chi connectivity index (χ3n) is 2.04. The summed E-state index contributed by atoms with van der Waals surface area (Å²) in [5.41, 5.74) is 0.461. The highest BCUT2D eigenvalue weighted by Crippen LogP contribution is 2.19. The molecule has 0 unspecified atom stereocenters. The van der Waals surface area contributed by atoms with Gasteiger partial charge in [0.1, 0.15) is 11.6 Å². The van der Waals surface area contributed by atoms with Crippen LogP contribution in [0.2, 0.25) is 5.02 Å². The van der Waals surface area contributed by atoms with Crippen molar-refractivity contribution in [2.75, 3.05) is 0 Å². The molecule has 1 radical (unpaired) electrons. The molecule has 2 rings (SSSR count). The number of nitrogens with zero attached hydrogens (tertiary/aromatic N) is 1. The molecule has 0 bridgehead atoms. The summed E-state index contributed by atoms with van der Waals surface area (Å²) in [6.07, 6.45) is 4.30. The summed E-state index contributed by atoms with van der Waals surface area (Å²) in [7, 11) is 0. The van der Waals surface area contributed by atoms with E-state index >= 15 is 0 Å². The van der Waals surface area contributed by atoms with Crippen molar-refractivity contribution >= 4 is 11.6 Å². The van der Waals surface area contributed by atoms with Crippen LogP contribution in [-0.2, 0) is 0 Å². The fraction of sp³-hybridized carbons (Fsp3) is 0. The SMILES string of the molecule is Fc1cccc(F)c1[CH]c1cncc(Cl)c1. The number of aromatic nitrogens is 1. The predicted molar refractivity (Wildman–Crippen MR) is 58.1 cm³/mol. The van der Waals surface area contributed by atoms with Crippen LogP contribution in [0.4, 0.5) is 8.78 Å². The zero-order chi connectivity index (χ0) is 11.5. The van der Waals surface area contributed by atoms with Crippen molar-refractivity contribution in [3.8, 4) is 0 Å². The quantitative estimate of drug-likeness (QED) is 0.779. The van der Waals surface area contributed by atoms with E-state index < -0.39 is 11.6 Å². The van der Waals surface area contributed by atoms with E-state index in [2.05, 4.69) is 4.98 Å². The van der Waals surface area contributed by atoms with Crippen LogP contribution in [0.25, 0.3) is 0 Å². The van der Waals surface area contributed by atoms with E-state index in [1.54, 1.807) is 6.07 Å². The van der Waals surface area contributed by atoms with E-state index in [9.17, 15) is 8.78 Å². The van der Waals surface area contributed by atoms with Crippen LogP contribution >= 0.6 is 11.6 Å². The number of pyridine rings is 1. The molecule has 81 valence electrons. The van der Waals surface area contributed by atoms with Crippen LogP contribution in [0.1, 0.15) is 11.1 Å². The Balaban J connectivity index is 2.34. The van der Waals surface area contributed by atoms with E-state index in [4.69, 9.17) is 11.6 Å². The van der Waals surface area contributed by atoms with Gasteiger partial charge in [0, 0.05) is 24.4 Å². The number of halogens is 3. The van der Waals surface area contributed by atoms with Gasteiger partial charge in [-0.3, -0.25) is 4.98 Å². The Bertz CT molecular complexity index is 494. The minimum atomic E-state index is -0.611. The largest absolute Gasteiger partial charge is 0.263 e. The number of hydrogen-bond donors (Lipinski definition) is 0. The van der Waals surface area contributed by atoms with Crippen molar-refractivity contribution in [2.45, 2.75) is 0 Å². The Kier molecular flexibility index (Phi) is 3.15. The number of hydrogen-bond acceptors (Lipinski definition) is 1. The van der Waals surface area contributed by atoms with E-state index in [1.165, 1.54) is 37.0 Å². The van der Waals surface area contributed by atoms with Gasteiger partial charge in [-0.1, -0.05) is 17.7 Å². The molecule has 1 nitrogen and oxygen atoms in total. The summed E-state index contributed by atoms with van der Waals surface area (Å²) in [6.45, 7) is 0. The molecule has 16 heavy (non-hydrogen) atoms. The van der Waals surface area contributed by atoms with Gasteiger partial charge in [0.15, 0.2) is 0 Å². The minimum absolute atomic E-state index is 0.0911. The average molecular weight is 239 g/mol. The Morgan fingerprint density at radius 1 is 1.12 bits per heavy atom. The van der Waals surface area contributed by atoms with Crippen LogP contribution in [0.15, 0.2) is 36.7 Å². The fourth-order valence-corrected chi connectivity index (χ4v) is 1.50. The molecule has 0 aliphatic heterocycles. The normalized spacial score (nSPS) is 10.4. The first-order chi connectivity index (χ1) is 7.66. The standard InChI is InChI=1S/C12H7ClF2N/c13-9-4-8(6-16-7-9)5-10-11(14)2-1-3-12(10)15/h1-7H. The van der Waals surface area contributed by atoms with Gasteiger partial charge in [0.25, 0.3) is 0 Å². The van der Waals surface area contributed by atoms with Gasteiger partial charge in [0.2, 0.25) is 0 Å². The lowest BCUT2D eigenvalue weighted by atomic mass is 10.1. The Morgan fingerprint density at radius 3 is 2.44 bits per heavy atom. The van der Waals surface area contributed by atoms with E-state index in [-0.39, 0.29) is 5.56 Å². The fourth-order valence-electron chi connectivity index (χ4n) is 1.32. The minimum Gasteiger partial charge on any atom is -0.263 e. The summed E-state index contributed by atoms with van der Waals surface area (Å²) in [5, 5.41) is 0.422. The molecule has 0 amide bonds. The zero-order valence-corrected chi connectivity index (χ0v) is 8.88. The molecule has 2 aromatic rings. The van der Waals surface area contributed by atoms with Crippen LogP contribution in [0.3, 0.4) is 0 Å². The molecular weight excluding hydrogens is 232 g/mol. The molecule has 0 spiro atoms. The van der Waals surface area contributed by atoms with Gasteiger partial charge in [-0.15, -0.1) is 0 Å². The van der Waals surface area contributed by atoms with Gasteiger partial charge in [-0.25, -0.2) is 8.78 Å². The van der Waals surface area contributed by atoms with E-state index in [0.29, 0.717) is 10.6 Å². The highest BCUT2D eigenvalue weighted by Gasteiger charge is 2.09. The maximum atomic E-state index is 13.3. The summed E-state index contributed by atoms with van der Waals surface area (Å²) in [5.74, 6) is -1.22. The summed E-state index contributed by atoms with van der Waals surface area (Å²) < 4.78 is 26.6. The molecule has 0 saturated heterocycles. The first-order valence-electron chi connectivity index (χ1n) is 4.56. The van der Waals surface area contributed by atoms with Crippen molar-refractivity contribution in [1.82, 2.24) is 4.98 Å². The molecule has 0 atom stereocenters. The van der Waals surface area contributed by atoms with Crippen LogP contribution in [0.5, 0.6) is 0 Å². The molecule has 0 aliphatic rings. The van der Waals surface area contributed by atoms with Gasteiger partial charge in [-0.2, -0.15) is 0 Å². The summed E-state index contributed by atoms with van der Waals surface area (Å²) in [4.78, 5) is 3.83. The van der Waals surface area contributed by atoms with Crippen LogP contribution in [0, 0.1) is 18.1 Å². The van der Waals surface area contributed by atoms with Gasteiger partial charge in [0.05, 0.1) is 5.02 Å². The highest BCUT2D eigenvalue weighted by molar-refractivity contribution is 6.30. The molecular formula is C12H7ClF2N. The third-order valence-corrected chi connectivity index (χ3v) is 2.24. The number of rotatable bonds is 2. The molecule has 0 N–H and O–H groups in total. The second-order valence-electron chi connectivity index (χ2n) is 3.22. The maximum absolute atomic E-state index is 13.3. The lowest BCUT2D eigenvalue weighted by Gasteiger charge is -2.04. The monoisotopic (exact) mass is 238 g/mol. The Hall–Kier alpha value is -1.48. The van der Waals surface area contributed by atoms with Crippen molar-refractivity contribution < 1.29 is 8.78 Å². The van der Waals surface area contributed by atoms with Gasteiger partial charge in [-0.05, 0) is 23.8 Å². The van der Waals surface area contributed by atoms with Crippen molar-refractivity contribution in [3.63, 3.8) is 0 Å². The van der Waals surface area contributed by atoms with Crippen molar-refractivity contribution in [1.29, 1.82) is 0 Å². The van der Waals surface area contributed by atoms with Crippen LogP contribution in [-0.4, -0.2) is 4.98 Å². The van der Waals surface area contributed by atoms with E-state index in [0.717, 1.165) is 0 Å². The summed E-state index contributed by atoms with van der Waals surface area (Å²) >= 11 is 5.72. The van der Waals surface area contributed by atoms with Gasteiger partial charge >= 0.3 is 0 Å². The predicted octanol–water partition coefficient (Wildman–Crippen LogP) is 3.61. The first-order valence-corrected chi connectivity index (χ1v) is 4.94. The lowest BCUT2D eigenvalue weighted by molar-refractivity contribution is 0.572. The molecule has 4 heteroatoms. The maximum Gasteiger partial charge on any atom is 0.129 e. The average Bonchev–Trinajstić information content (AvgIpc) is 2.24. The van der Waals surface area contributed by atoms with Crippen molar-refractivity contribution in [3.05, 3.63) is 70.9 Å². The van der Waals surface area contributed by atoms with E-state index in [1.807, 2.05) is 0 Å². The Morgan fingerprint density at radius 2 is 1.81 bits per heavy atom. The smallest absolute Gasteiger partial charge is 0.129 e. The highest BCUT2D eigenvalue weighted by atomic mass is 35.5. The molecule has 1 aromatic carbocycles. The molecule has 0 saturated carbocycles.